The Hall–Kier alpha value is -2.69. The monoisotopic (exact) mass is 297 g/mol. The number of nitrogens with zero attached hydrogens (tertiary/aromatic N) is 2. The van der Waals surface area contributed by atoms with Crippen LogP contribution in [0.15, 0.2) is 42.5 Å². The first kappa shape index (κ1) is 14.3. The van der Waals surface area contributed by atoms with Crippen LogP contribution in [0.5, 0.6) is 0 Å². The van der Waals surface area contributed by atoms with Crippen molar-refractivity contribution < 1.29 is 9.18 Å². The van der Waals surface area contributed by atoms with Crippen molar-refractivity contribution in [2.24, 2.45) is 0 Å². The SMILES string of the molecule is CCn1c(C)nc2cc(C(=O)Nc3cccc(F)c3)ccc21. The van der Waals surface area contributed by atoms with Crippen molar-refractivity contribution in [2.75, 3.05) is 5.32 Å². The molecule has 1 heterocycles. The summed E-state index contributed by atoms with van der Waals surface area (Å²) in [5.74, 6) is 0.252. The lowest BCUT2D eigenvalue weighted by Gasteiger charge is -2.06. The molecule has 1 N–H and O–H groups in total. The molecule has 0 aliphatic heterocycles. The van der Waals surface area contributed by atoms with Gasteiger partial charge in [0.2, 0.25) is 0 Å². The molecule has 0 bridgehead atoms. The van der Waals surface area contributed by atoms with Crippen molar-refractivity contribution in [3.8, 4) is 0 Å². The van der Waals surface area contributed by atoms with Crippen LogP contribution in [0, 0.1) is 12.7 Å². The molecule has 3 aromatic rings. The zero-order valence-electron chi connectivity index (χ0n) is 12.4. The lowest BCUT2D eigenvalue weighted by atomic mass is 10.2. The van der Waals surface area contributed by atoms with Gasteiger partial charge in [-0.25, -0.2) is 9.37 Å². The molecule has 0 aliphatic rings. The van der Waals surface area contributed by atoms with Gasteiger partial charge >= 0.3 is 0 Å². The molecule has 0 atom stereocenters. The lowest BCUT2D eigenvalue weighted by Crippen LogP contribution is -2.11. The normalized spacial score (nSPS) is 10.9. The molecule has 2 aromatic carbocycles. The summed E-state index contributed by atoms with van der Waals surface area (Å²) in [7, 11) is 0. The Morgan fingerprint density at radius 3 is 2.82 bits per heavy atom. The van der Waals surface area contributed by atoms with Crippen LogP contribution in [-0.2, 0) is 6.54 Å². The number of rotatable bonds is 3. The molecule has 0 aliphatic carbocycles. The number of fused-ring (bicyclic) bond motifs is 1. The van der Waals surface area contributed by atoms with E-state index in [1.54, 1.807) is 24.3 Å². The summed E-state index contributed by atoms with van der Waals surface area (Å²) in [6.07, 6.45) is 0. The van der Waals surface area contributed by atoms with E-state index in [1.165, 1.54) is 12.1 Å². The third-order valence-electron chi connectivity index (χ3n) is 3.60. The molecule has 0 fully saturated rings. The van der Waals surface area contributed by atoms with Gasteiger partial charge in [-0.2, -0.15) is 0 Å². The molecular formula is C17H16FN3O. The van der Waals surface area contributed by atoms with Gasteiger partial charge in [0, 0.05) is 17.8 Å². The molecule has 3 rings (SSSR count). The Labute approximate surface area is 127 Å². The number of aryl methyl sites for hydroxylation is 2. The number of nitrogens with one attached hydrogen (secondary N) is 1. The number of amides is 1. The van der Waals surface area contributed by atoms with Gasteiger partial charge in [0.15, 0.2) is 0 Å². The number of carbonyl (C=O) groups excluding carboxylic acids is 1. The first-order valence-electron chi connectivity index (χ1n) is 7.12. The Morgan fingerprint density at radius 2 is 2.09 bits per heavy atom. The Morgan fingerprint density at radius 1 is 1.27 bits per heavy atom. The van der Waals surface area contributed by atoms with E-state index < -0.39 is 0 Å². The van der Waals surface area contributed by atoms with E-state index in [9.17, 15) is 9.18 Å². The van der Waals surface area contributed by atoms with Crippen LogP contribution in [0.3, 0.4) is 0 Å². The molecule has 0 saturated heterocycles. The number of carbonyl (C=O) groups is 1. The van der Waals surface area contributed by atoms with E-state index in [1.807, 2.05) is 13.0 Å². The number of aromatic nitrogens is 2. The third-order valence-corrected chi connectivity index (χ3v) is 3.60. The number of anilines is 1. The smallest absolute Gasteiger partial charge is 0.255 e. The zero-order valence-corrected chi connectivity index (χ0v) is 12.4. The highest BCUT2D eigenvalue weighted by Crippen LogP contribution is 2.19. The van der Waals surface area contributed by atoms with Gasteiger partial charge in [0.25, 0.3) is 5.91 Å². The number of imidazole rings is 1. The first-order chi connectivity index (χ1) is 10.6. The lowest BCUT2D eigenvalue weighted by molar-refractivity contribution is 0.102. The topological polar surface area (TPSA) is 46.9 Å². The van der Waals surface area contributed by atoms with Gasteiger partial charge in [-0.05, 0) is 50.2 Å². The molecule has 0 radical (unpaired) electrons. The highest BCUT2D eigenvalue weighted by molar-refractivity contribution is 6.05. The number of benzene rings is 2. The average molecular weight is 297 g/mol. The van der Waals surface area contributed by atoms with Crippen LogP contribution in [0.2, 0.25) is 0 Å². The van der Waals surface area contributed by atoms with Crippen molar-refractivity contribution in [3.05, 3.63) is 59.7 Å². The van der Waals surface area contributed by atoms with Gasteiger partial charge in [0.05, 0.1) is 11.0 Å². The average Bonchev–Trinajstić information content (AvgIpc) is 2.81. The quantitative estimate of drug-likeness (QED) is 0.800. The van der Waals surface area contributed by atoms with Crippen molar-refractivity contribution in [2.45, 2.75) is 20.4 Å². The molecule has 22 heavy (non-hydrogen) atoms. The largest absolute Gasteiger partial charge is 0.329 e. The van der Waals surface area contributed by atoms with Crippen molar-refractivity contribution in [1.29, 1.82) is 0 Å². The van der Waals surface area contributed by atoms with E-state index in [4.69, 9.17) is 0 Å². The predicted molar refractivity (Wildman–Crippen MR) is 84.5 cm³/mol. The van der Waals surface area contributed by atoms with Gasteiger partial charge in [-0.15, -0.1) is 0 Å². The summed E-state index contributed by atoms with van der Waals surface area (Å²) in [6, 6.07) is 11.2. The fourth-order valence-electron chi connectivity index (χ4n) is 2.56. The number of halogens is 1. The van der Waals surface area contributed by atoms with Crippen molar-refractivity contribution in [1.82, 2.24) is 9.55 Å². The minimum atomic E-state index is -0.384. The standard InChI is InChI=1S/C17H16FN3O/c1-3-21-11(2)19-15-9-12(7-8-16(15)21)17(22)20-14-6-4-5-13(18)10-14/h4-10H,3H2,1-2H3,(H,20,22). The van der Waals surface area contributed by atoms with Crippen LogP contribution in [-0.4, -0.2) is 15.5 Å². The minimum absolute atomic E-state index is 0.281. The first-order valence-corrected chi connectivity index (χ1v) is 7.12. The Bertz CT molecular complexity index is 854. The molecule has 5 heteroatoms. The molecule has 4 nitrogen and oxygen atoms in total. The minimum Gasteiger partial charge on any atom is -0.329 e. The molecular weight excluding hydrogens is 281 g/mol. The summed E-state index contributed by atoms with van der Waals surface area (Å²) in [5, 5.41) is 2.69. The molecule has 1 aromatic heterocycles. The van der Waals surface area contributed by atoms with E-state index in [2.05, 4.69) is 21.8 Å². The third kappa shape index (κ3) is 2.57. The highest BCUT2D eigenvalue weighted by Gasteiger charge is 2.11. The van der Waals surface area contributed by atoms with Crippen LogP contribution in [0.25, 0.3) is 11.0 Å². The fourth-order valence-corrected chi connectivity index (χ4v) is 2.56. The second-order valence-corrected chi connectivity index (χ2v) is 5.07. The Kier molecular flexibility index (Phi) is 3.63. The maximum atomic E-state index is 13.2. The summed E-state index contributed by atoms with van der Waals surface area (Å²) in [5.41, 5.74) is 2.71. The molecule has 0 unspecified atom stereocenters. The maximum Gasteiger partial charge on any atom is 0.255 e. The Balaban J connectivity index is 1.91. The van der Waals surface area contributed by atoms with Crippen LogP contribution in [0.1, 0.15) is 23.1 Å². The second kappa shape index (κ2) is 5.60. The molecule has 0 spiro atoms. The molecule has 0 saturated carbocycles. The van der Waals surface area contributed by atoms with E-state index in [-0.39, 0.29) is 11.7 Å². The van der Waals surface area contributed by atoms with E-state index >= 15 is 0 Å². The summed E-state index contributed by atoms with van der Waals surface area (Å²) < 4.78 is 15.2. The van der Waals surface area contributed by atoms with Crippen molar-refractivity contribution in [3.63, 3.8) is 0 Å². The van der Waals surface area contributed by atoms with Gasteiger partial charge < -0.3 is 9.88 Å². The van der Waals surface area contributed by atoms with E-state index in [0.717, 1.165) is 23.4 Å². The maximum absolute atomic E-state index is 13.2. The highest BCUT2D eigenvalue weighted by atomic mass is 19.1. The van der Waals surface area contributed by atoms with E-state index in [0.29, 0.717) is 11.3 Å². The fraction of sp³-hybridized carbons (Fsp3) is 0.176. The van der Waals surface area contributed by atoms with Crippen LogP contribution in [0.4, 0.5) is 10.1 Å². The molecule has 112 valence electrons. The second-order valence-electron chi connectivity index (χ2n) is 5.07. The van der Waals surface area contributed by atoms with Crippen LogP contribution < -0.4 is 5.32 Å². The summed E-state index contributed by atoms with van der Waals surface area (Å²) in [6.45, 7) is 4.83. The zero-order chi connectivity index (χ0) is 15.7. The van der Waals surface area contributed by atoms with Gasteiger partial charge in [0.1, 0.15) is 11.6 Å². The van der Waals surface area contributed by atoms with Crippen LogP contribution >= 0.6 is 0 Å². The number of hydrogen-bond donors (Lipinski definition) is 1. The van der Waals surface area contributed by atoms with Gasteiger partial charge in [-0.1, -0.05) is 6.07 Å². The summed E-state index contributed by atoms with van der Waals surface area (Å²) >= 11 is 0. The summed E-state index contributed by atoms with van der Waals surface area (Å²) in [4.78, 5) is 16.7. The van der Waals surface area contributed by atoms with Crippen molar-refractivity contribution >= 4 is 22.6 Å². The number of hydrogen-bond acceptors (Lipinski definition) is 2. The molecule has 1 amide bonds. The van der Waals surface area contributed by atoms with Gasteiger partial charge in [-0.3, -0.25) is 4.79 Å². The predicted octanol–water partition coefficient (Wildman–Crippen LogP) is 3.76.